The molecule has 108 valence electrons. The topological polar surface area (TPSA) is 30.5 Å². The third-order valence-electron chi connectivity index (χ3n) is 3.33. The Balaban J connectivity index is 2.56. The van der Waals surface area contributed by atoms with Gasteiger partial charge in [0.05, 0.1) is 13.7 Å². The number of ether oxygens (including phenoxy) is 2. The molecule has 0 aliphatic rings. The Morgan fingerprint density at radius 1 is 1.26 bits per heavy atom. The van der Waals surface area contributed by atoms with Crippen LogP contribution in [-0.2, 0) is 11.3 Å². The predicted octanol–water partition coefficient (Wildman–Crippen LogP) is 3.15. The molecule has 0 aromatic heterocycles. The van der Waals surface area contributed by atoms with Crippen molar-refractivity contribution in [3.63, 3.8) is 0 Å². The van der Waals surface area contributed by atoms with E-state index in [0.29, 0.717) is 12.0 Å². The Kier molecular flexibility index (Phi) is 6.89. The number of aryl methyl sites for hydroxylation is 1. The molecule has 0 amide bonds. The highest BCUT2D eigenvalue weighted by Crippen LogP contribution is 2.18. The van der Waals surface area contributed by atoms with Crippen molar-refractivity contribution in [2.45, 2.75) is 40.3 Å². The normalized spacial score (nSPS) is 12.7. The van der Waals surface area contributed by atoms with E-state index in [-0.39, 0.29) is 0 Å². The summed E-state index contributed by atoms with van der Waals surface area (Å²) in [6.07, 6.45) is 0. The fourth-order valence-corrected chi connectivity index (χ4v) is 2.03. The molecule has 0 bridgehead atoms. The molecule has 0 spiro atoms. The van der Waals surface area contributed by atoms with Gasteiger partial charge in [-0.25, -0.2) is 0 Å². The average Bonchev–Trinajstić information content (AvgIpc) is 2.38. The predicted molar refractivity (Wildman–Crippen MR) is 79.7 cm³/mol. The van der Waals surface area contributed by atoms with E-state index in [9.17, 15) is 0 Å². The molecule has 0 aliphatic heterocycles. The smallest absolute Gasteiger partial charge is 0.121 e. The van der Waals surface area contributed by atoms with Crippen LogP contribution >= 0.6 is 0 Å². The summed E-state index contributed by atoms with van der Waals surface area (Å²) in [6, 6.07) is 6.70. The van der Waals surface area contributed by atoms with Crippen LogP contribution in [0.2, 0.25) is 0 Å². The number of rotatable bonds is 8. The highest BCUT2D eigenvalue weighted by atomic mass is 16.5. The number of hydrogen-bond donors (Lipinski definition) is 1. The fourth-order valence-electron chi connectivity index (χ4n) is 2.03. The summed E-state index contributed by atoms with van der Waals surface area (Å²) in [5.74, 6) is 1.50. The summed E-state index contributed by atoms with van der Waals surface area (Å²) in [7, 11) is 1.71. The van der Waals surface area contributed by atoms with E-state index in [0.717, 1.165) is 25.5 Å². The summed E-state index contributed by atoms with van der Waals surface area (Å²) in [6.45, 7) is 10.9. The van der Waals surface area contributed by atoms with Crippen molar-refractivity contribution < 1.29 is 9.47 Å². The van der Waals surface area contributed by atoms with Gasteiger partial charge >= 0.3 is 0 Å². The maximum atomic E-state index is 5.52. The second kappa shape index (κ2) is 8.18. The molecule has 1 unspecified atom stereocenters. The summed E-state index contributed by atoms with van der Waals surface area (Å²) < 4.78 is 10.8. The van der Waals surface area contributed by atoms with Gasteiger partial charge in [0.2, 0.25) is 0 Å². The van der Waals surface area contributed by atoms with Gasteiger partial charge < -0.3 is 14.8 Å². The average molecular weight is 265 g/mol. The lowest BCUT2D eigenvalue weighted by atomic mass is 10.0. The van der Waals surface area contributed by atoms with Crippen LogP contribution < -0.4 is 10.1 Å². The van der Waals surface area contributed by atoms with Crippen LogP contribution in [-0.4, -0.2) is 26.4 Å². The van der Waals surface area contributed by atoms with E-state index in [1.54, 1.807) is 7.11 Å². The van der Waals surface area contributed by atoms with E-state index in [4.69, 9.17) is 9.47 Å². The van der Waals surface area contributed by atoms with E-state index in [1.807, 2.05) is 13.0 Å². The molecule has 3 heteroatoms. The van der Waals surface area contributed by atoms with E-state index in [2.05, 4.69) is 38.2 Å². The van der Waals surface area contributed by atoms with Gasteiger partial charge in [-0.2, -0.15) is 0 Å². The van der Waals surface area contributed by atoms with Gasteiger partial charge in [-0.05, 0) is 37.0 Å². The molecule has 19 heavy (non-hydrogen) atoms. The van der Waals surface area contributed by atoms with Gasteiger partial charge in [0.25, 0.3) is 0 Å². The number of benzene rings is 1. The lowest BCUT2D eigenvalue weighted by Crippen LogP contribution is -2.37. The summed E-state index contributed by atoms with van der Waals surface area (Å²) in [4.78, 5) is 0. The minimum atomic E-state index is 0.391. The molecule has 1 aromatic rings. The molecule has 0 fully saturated rings. The molecule has 1 aromatic carbocycles. The third kappa shape index (κ3) is 5.21. The molecule has 0 radical (unpaired) electrons. The molecule has 0 saturated carbocycles. The molecule has 1 rings (SSSR count). The standard InChI is InChI=1S/C16H27NO2/c1-6-19-11-15(12(2)3)17-10-14-7-8-16(18-5)13(4)9-14/h7-9,12,15,17H,6,10-11H2,1-5H3. The third-order valence-corrected chi connectivity index (χ3v) is 3.33. The van der Waals surface area contributed by atoms with Crippen molar-refractivity contribution in [1.82, 2.24) is 5.32 Å². The van der Waals surface area contributed by atoms with Crippen LogP contribution in [0.15, 0.2) is 18.2 Å². The highest BCUT2D eigenvalue weighted by Gasteiger charge is 2.12. The molecule has 0 saturated heterocycles. The first-order valence-electron chi connectivity index (χ1n) is 7.03. The van der Waals surface area contributed by atoms with E-state index >= 15 is 0 Å². The Hall–Kier alpha value is -1.06. The first-order valence-corrected chi connectivity index (χ1v) is 7.03. The Morgan fingerprint density at radius 2 is 2.00 bits per heavy atom. The van der Waals surface area contributed by atoms with Crippen molar-refractivity contribution >= 4 is 0 Å². The second-order valence-electron chi connectivity index (χ2n) is 5.19. The number of nitrogens with one attached hydrogen (secondary N) is 1. The van der Waals surface area contributed by atoms with Gasteiger partial charge in [0.15, 0.2) is 0 Å². The highest BCUT2D eigenvalue weighted by molar-refractivity contribution is 5.36. The molecule has 1 N–H and O–H groups in total. The van der Waals surface area contributed by atoms with E-state index < -0.39 is 0 Å². The van der Waals surface area contributed by atoms with Crippen LogP contribution in [0.25, 0.3) is 0 Å². The van der Waals surface area contributed by atoms with E-state index in [1.165, 1.54) is 11.1 Å². The quantitative estimate of drug-likeness (QED) is 0.783. The summed E-state index contributed by atoms with van der Waals surface area (Å²) in [5, 5.41) is 3.57. The lowest BCUT2D eigenvalue weighted by molar-refractivity contribution is 0.108. The largest absolute Gasteiger partial charge is 0.496 e. The first kappa shape index (κ1) is 16.0. The molecule has 0 heterocycles. The number of methoxy groups -OCH3 is 1. The van der Waals surface area contributed by atoms with Crippen LogP contribution in [0.1, 0.15) is 31.9 Å². The minimum absolute atomic E-state index is 0.391. The van der Waals surface area contributed by atoms with Crippen LogP contribution in [0, 0.1) is 12.8 Å². The molecule has 0 aliphatic carbocycles. The molecule has 3 nitrogen and oxygen atoms in total. The molecule has 1 atom stereocenters. The maximum Gasteiger partial charge on any atom is 0.121 e. The van der Waals surface area contributed by atoms with Gasteiger partial charge in [-0.15, -0.1) is 0 Å². The molecular weight excluding hydrogens is 238 g/mol. The SMILES string of the molecule is CCOCC(NCc1ccc(OC)c(C)c1)C(C)C. The summed E-state index contributed by atoms with van der Waals surface area (Å²) >= 11 is 0. The van der Waals surface area contributed by atoms with Crippen molar-refractivity contribution in [2.24, 2.45) is 5.92 Å². The van der Waals surface area contributed by atoms with Crippen LogP contribution in [0.3, 0.4) is 0 Å². The van der Waals surface area contributed by atoms with Crippen molar-refractivity contribution in [3.05, 3.63) is 29.3 Å². The molecular formula is C16H27NO2. The van der Waals surface area contributed by atoms with Crippen molar-refractivity contribution in [3.8, 4) is 5.75 Å². The zero-order chi connectivity index (χ0) is 14.3. The fraction of sp³-hybridized carbons (Fsp3) is 0.625. The van der Waals surface area contributed by atoms with Crippen molar-refractivity contribution in [2.75, 3.05) is 20.3 Å². The summed E-state index contributed by atoms with van der Waals surface area (Å²) in [5.41, 5.74) is 2.45. The second-order valence-corrected chi connectivity index (χ2v) is 5.19. The van der Waals surface area contributed by atoms with Gasteiger partial charge in [0.1, 0.15) is 5.75 Å². The zero-order valence-electron chi connectivity index (χ0n) is 12.8. The first-order chi connectivity index (χ1) is 9.08. The monoisotopic (exact) mass is 265 g/mol. The zero-order valence-corrected chi connectivity index (χ0v) is 12.8. The van der Waals surface area contributed by atoms with Gasteiger partial charge in [-0.1, -0.05) is 26.0 Å². The minimum Gasteiger partial charge on any atom is -0.496 e. The maximum absolute atomic E-state index is 5.52. The van der Waals surface area contributed by atoms with Crippen LogP contribution in [0.4, 0.5) is 0 Å². The Labute approximate surface area is 117 Å². The van der Waals surface area contributed by atoms with Gasteiger partial charge in [-0.3, -0.25) is 0 Å². The van der Waals surface area contributed by atoms with Gasteiger partial charge in [0, 0.05) is 19.2 Å². The Bertz CT molecular complexity index is 377. The van der Waals surface area contributed by atoms with Crippen molar-refractivity contribution in [1.29, 1.82) is 0 Å². The van der Waals surface area contributed by atoms with Crippen LogP contribution in [0.5, 0.6) is 5.75 Å². The lowest BCUT2D eigenvalue weighted by Gasteiger charge is -2.22. The Morgan fingerprint density at radius 3 is 2.53 bits per heavy atom. The number of hydrogen-bond acceptors (Lipinski definition) is 3.